The van der Waals surface area contributed by atoms with E-state index < -0.39 is 0 Å². The molecule has 18 heavy (non-hydrogen) atoms. The molecule has 0 aromatic heterocycles. The van der Waals surface area contributed by atoms with Gasteiger partial charge in [-0.25, -0.2) is 4.39 Å². The quantitative estimate of drug-likeness (QED) is 0.747. The Morgan fingerprint density at radius 1 is 1.39 bits per heavy atom. The number of ketones is 1. The Morgan fingerprint density at radius 3 is 2.50 bits per heavy atom. The predicted octanol–water partition coefficient (Wildman–Crippen LogP) is 3.13. The van der Waals surface area contributed by atoms with Gasteiger partial charge in [-0.15, -0.1) is 0 Å². The SMILES string of the molecule is CC(C(=O)c1ccc(F)cc1)N(C)CC1CCC1. The first-order valence-corrected chi connectivity index (χ1v) is 6.58. The van der Waals surface area contributed by atoms with Crippen LogP contribution in [0.15, 0.2) is 24.3 Å². The highest BCUT2D eigenvalue weighted by Crippen LogP contribution is 2.27. The molecule has 0 heterocycles. The van der Waals surface area contributed by atoms with Crippen LogP contribution >= 0.6 is 0 Å². The number of hydrogen-bond donors (Lipinski definition) is 0. The molecule has 0 amide bonds. The average Bonchev–Trinajstić information content (AvgIpc) is 2.32. The lowest BCUT2D eigenvalue weighted by Gasteiger charge is -2.32. The Balaban J connectivity index is 1.96. The molecule has 2 rings (SSSR count). The summed E-state index contributed by atoms with van der Waals surface area (Å²) in [5, 5.41) is 0. The largest absolute Gasteiger partial charge is 0.296 e. The summed E-state index contributed by atoms with van der Waals surface area (Å²) in [5.41, 5.74) is 0.587. The molecular formula is C15H20FNO. The van der Waals surface area contributed by atoms with E-state index in [1.54, 1.807) is 12.1 Å². The summed E-state index contributed by atoms with van der Waals surface area (Å²) >= 11 is 0. The third-order valence-electron chi connectivity index (χ3n) is 3.94. The van der Waals surface area contributed by atoms with Crippen molar-refractivity contribution in [2.24, 2.45) is 5.92 Å². The predicted molar refractivity (Wildman–Crippen MR) is 70.2 cm³/mol. The normalized spacial score (nSPS) is 17.6. The number of likely N-dealkylation sites (N-methyl/N-ethyl adjacent to an activating group) is 1. The Hall–Kier alpha value is -1.22. The van der Waals surface area contributed by atoms with Crippen molar-refractivity contribution in [1.82, 2.24) is 4.90 Å². The molecule has 0 spiro atoms. The summed E-state index contributed by atoms with van der Waals surface area (Å²) in [6.45, 7) is 2.90. The van der Waals surface area contributed by atoms with Crippen LogP contribution < -0.4 is 0 Å². The minimum Gasteiger partial charge on any atom is -0.296 e. The van der Waals surface area contributed by atoms with Crippen molar-refractivity contribution in [3.05, 3.63) is 35.6 Å². The monoisotopic (exact) mass is 249 g/mol. The smallest absolute Gasteiger partial charge is 0.179 e. The van der Waals surface area contributed by atoms with Crippen molar-refractivity contribution >= 4 is 5.78 Å². The second-order valence-electron chi connectivity index (χ2n) is 5.28. The van der Waals surface area contributed by atoms with Gasteiger partial charge < -0.3 is 0 Å². The lowest BCUT2D eigenvalue weighted by Crippen LogP contribution is -2.40. The van der Waals surface area contributed by atoms with Gasteiger partial charge in [0.15, 0.2) is 5.78 Å². The Bertz CT molecular complexity index is 411. The molecule has 3 heteroatoms. The minimum atomic E-state index is -0.304. The molecule has 1 aliphatic carbocycles. The highest BCUT2D eigenvalue weighted by Gasteiger charge is 2.24. The zero-order valence-electron chi connectivity index (χ0n) is 11.0. The summed E-state index contributed by atoms with van der Waals surface area (Å²) in [7, 11) is 1.99. The van der Waals surface area contributed by atoms with E-state index in [0.29, 0.717) is 5.56 Å². The van der Waals surface area contributed by atoms with Crippen molar-refractivity contribution in [3.8, 4) is 0 Å². The zero-order valence-corrected chi connectivity index (χ0v) is 11.0. The maximum absolute atomic E-state index is 12.8. The number of benzene rings is 1. The van der Waals surface area contributed by atoms with Crippen LogP contribution in [-0.4, -0.2) is 30.3 Å². The number of rotatable bonds is 5. The first-order chi connectivity index (χ1) is 8.58. The van der Waals surface area contributed by atoms with Crippen LogP contribution in [0, 0.1) is 11.7 Å². The second-order valence-corrected chi connectivity index (χ2v) is 5.28. The van der Waals surface area contributed by atoms with Gasteiger partial charge in [0.05, 0.1) is 6.04 Å². The lowest BCUT2D eigenvalue weighted by atomic mass is 9.85. The van der Waals surface area contributed by atoms with Gasteiger partial charge in [-0.2, -0.15) is 0 Å². The maximum Gasteiger partial charge on any atom is 0.179 e. The van der Waals surface area contributed by atoms with Crippen LogP contribution in [0.25, 0.3) is 0 Å². The van der Waals surface area contributed by atoms with Crippen molar-refractivity contribution < 1.29 is 9.18 Å². The van der Waals surface area contributed by atoms with E-state index in [4.69, 9.17) is 0 Å². The van der Waals surface area contributed by atoms with Crippen molar-refractivity contribution in [2.45, 2.75) is 32.2 Å². The summed E-state index contributed by atoms with van der Waals surface area (Å²) in [4.78, 5) is 14.3. The van der Waals surface area contributed by atoms with Crippen molar-refractivity contribution in [1.29, 1.82) is 0 Å². The molecule has 0 saturated heterocycles. The number of hydrogen-bond acceptors (Lipinski definition) is 2. The van der Waals surface area contributed by atoms with Crippen LogP contribution in [0.2, 0.25) is 0 Å². The van der Waals surface area contributed by atoms with Crippen LogP contribution in [0.1, 0.15) is 36.5 Å². The van der Waals surface area contributed by atoms with E-state index in [0.717, 1.165) is 12.5 Å². The van der Waals surface area contributed by atoms with Crippen LogP contribution in [0.4, 0.5) is 4.39 Å². The van der Waals surface area contributed by atoms with E-state index in [2.05, 4.69) is 4.90 Å². The molecule has 0 N–H and O–H groups in total. The Morgan fingerprint density at radius 2 is 2.00 bits per heavy atom. The number of carbonyl (C=O) groups is 1. The van der Waals surface area contributed by atoms with Crippen LogP contribution in [0.3, 0.4) is 0 Å². The highest BCUT2D eigenvalue weighted by molar-refractivity contribution is 5.99. The highest BCUT2D eigenvalue weighted by atomic mass is 19.1. The number of halogens is 1. The topological polar surface area (TPSA) is 20.3 Å². The Labute approximate surface area is 108 Å². The van der Waals surface area contributed by atoms with E-state index >= 15 is 0 Å². The van der Waals surface area contributed by atoms with Crippen LogP contribution in [-0.2, 0) is 0 Å². The maximum atomic E-state index is 12.8. The fourth-order valence-corrected chi connectivity index (χ4v) is 2.30. The molecule has 1 aliphatic rings. The van der Waals surface area contributed by atoms with Gasteiger partial charge in [-0.05, 0) is 57.0 Å². The molecule has 1 aromatic carbocycles. The van der Waals surface area contributed by atoms with Gasteiger partial charge in [0.2, 0.25) is 0 Å². The van der Waals surface area contributed by atoms with E-state index in [-0.39, 0.29) is 17.6 Å². The molecule has 1 unspecified atom stereocenters. The molecule has 0 radical (unpaired) electrons. The van der Waals surface area contributed by atoms with Gasteiger partial charge in [0.1, 0.15) is 5.82 Å². The fourth-order valence-electron chi connectivity index (χ4n) is 2.30. The number of nitrogens with zero attached hydrogens (tertiary/aromatic N) is 1. The Kier molecular flexibility index (Phi) is 4.12. The first-order valence-electron chi connectivity index (χ1n) is 6.58. The molecule has 0 bridgehead atoms. The molecule has 0 aliphatic heterocycles. The molecule has 1 atom stereocenters. The lowest BCUT2D eigenvalue weighted by molar-refractivity contribution is 0.0828. The van der Waals surface area contributed by atoms with Crippen molar-refractivity contribution in [2.75, 3.05) is 13.6 Å². The molecule has 1 aromatic rings. The summed E-state index contributed by atoms with van der Waals surface area (Å²) in [6.07, 6.45) is 3.88. The van der Waals surface area contributed by atoms with Gasteiger partial charge in [-0.3, -0.25) is 9.69 Å². The van der Waals surface area contributed by atoms with Crippen molar-refractivity contribution in [3.63, 3.8) is 0 Å². The van der Waals surface area contributed by atoms with Gasteiger partial charge >= 0.3 is 0 Å². The minimum absolute atomic E-state index is 0.0665. The van der Waals surface area contributed by atoms with Gasteiger partial charge in [0, 0.05) is 12.1 Å². The first kappa shape index (κ1) is 13.2. The zero-order chi connectivity index (χ0) is 13.1. The third-order valence-corrected chi connectivity index (χ3v) is 3.94. The van der Waals surface area contributed by atoms with E-state index in [1.165, 1.54) is 31.4 Å². The van der Waals surface area contributed by atoms with E-state index in [1.807, 2.05) is 14.0 Å². The molecule has 98 valence electrons. The molecule has 2 nitrogen and oxygen atoms in total. The molecular weight excluding hydrogens is 229 g/mol. The molecule has 1 saturated carbocycles. The summed E-state index contributed by atoms with van der Waals surface area (Å²) < 4.78 is 12.8. The summed E-state index contributed by atoms with van der Waals surface area (Å²) in [6, 6.07) is 5.66. The third kappa shape index (κ3) is 2.96. The van der Waals surface area contributed by atoms with Crippen LogP contribution in [0.5, 0.6) is 0 Å². The molecule has 1 fully saturated rings. The average molecular weight is 249 g/mol. The van der Waals surface area contributed by atoms with Gasteiger partial charge in [-0.1, -0.05) is 6.42 Å². The van der Waals surface area contributed by atoms with E-state index in [9.17, 15) is 9.18 Å². The summed E-state index contributed by atoms with van der Waals surface area (Å²) in [5.74, 6) is 0.511. The fraction of sp³-hybridized carbons (Fsp3) is 0.533. The second kappa shape index (κ2) is 5.61. The van der Waals surface area contributed by atoms with Gasteiger partial charge in [0.25, 0.3) is 0 Å². The number of Topliss-reactive ketones (excluding diaryl/α,β-unsaturated/α-hetero) is 1. The number of carbonyl (C=O) groups excluding carboxylic acids is 1. The standard InChI is InChI=1S/C15H20FNO/c1-11(17(2)10-12-4-3-5-12)15(18)13-6-8-14(16)9-7-13/h6-9,11-12H,3-5,10H2,1-2H3.